The molecule has 1 aromatic carbocycles. The predicted octanol–water partition coefficient (Wildman–Crippen LogP) is 1.99. The van der Waals surface area contributed by atoms with Gasteiger partial charge in [0.05, 0.1) is 11.4 Å². The number of hydrogen-bond acceptors (Lipinski definition) is 5. The number of amides is 2. The number of likely N-dealkylation sites (tertiary alicyclic amines) is 1. The summed E-state index contributed by atoms with van der Waals surface area (Å²) in [5.74, 6) is 1.03. The molecule has 2 fully saturated rings. The molecule has 1 atom stereocenters. The summed E-state index contributed by atoms with van der Waals surface area (Å²) >= 11 is 0. The molecule has 166 valence electrons. The molecule has 1 unspecified atom stereocenters. The van der Waals surface area contributed by atoms with E-state index in [0.717, 1.165) is 43.9 Å². The topological polar surface area (TPSA) is 60.0 Å². The number of piperazine rings is 1. The number of para-hydroxylation sites is 1. The van der Waals surface area contributed by atoms with E-state index < -0.39 is 0 Å². The average Bonchev–Trinajstić information content (AvgIpc) is 3.13. The van der Waals surface area contributed by atoms with Crippen LogP contribution in [-0.2, 0) is 9.59 Å². The third kappa shape index (κ3) is 4.82. The van der Waals surface area contributed by atoms with Crippen LogP contribution in [0.1, 0.15) is 18.4 Å². The molecular weight excluding hydrogens is 390 g/mol. The first kappa shape index (κ1) is 21.6. The van der Waals surface area contributed by atoms with Gasteiger partial charge in [-0.15, -0.1) is 0 Å². The van der Waals surface area contributed by atoms with Crippen LogP contribution >= 0.6 is 0 Å². The lowest BCUT2D eigenvalue weighted by molar-refractivity contribution is -0.136. The van der Waals surface area contributed by atoms with Crippen molar-refractivity contribution in [3.63, 3.8) is 0 Å². The maximum absolute atomic E-state index is 13.1. The maximum atomic E-state index is 13.1. The van der Waals surface area contributed by atoms with Crippen molar-refractivity contribution in [1.29, 1.82) is 0 Å². The molecule has 31 heavy (non-hydrogen) atoms. The number of rotatable bonds is 6. The van der Waals surface area contributed by atoms with Crippen molar-refractivity contribution in [1.82, 2.24) is 19.7 Å². The molecule has 7 heteroatoms. The Morgan fingerprint density at radius 1 is 1.16 bits per heavy atom. The highest BCUT2D eigenvalue weighted by Gasteiger charge is 2.37. The van der Waals surface area contributed by atoms with Crippen LogP contribution in [0.4, 0.5) is 5.82 Å². The molecular formula is C24H33N5O2. The summed E-state index contributed by atoms with van der Waals surface area (Å²) in [6, 6.07) is 10.3. The Labute approximate surface area is 184 Å². The molecule has 4 rings (SSSR count). The third-order valence-electron chi connectivity index (χ3n) is 6.42. The first-order chi connectivity index (χ1) is 14.9. The van der Waals surface area contributed by atoms with Crippen molar-refractivity contribution >= 4 is 28.5 Å². The van der Waals surface area contributed by atoms with Crippen molar-refractivity contribution in [2.24, 2.45) is 5.92 Å². The fourth-order valence-electron chi connectivity index (χ4n) is 4.64. The monoisotopic (exact) mass is 423 g/mol. The second kappa shape index (κ2) is 9.22. The fourth-order valence-corrected chi connectivity index (χ4v) is 4.64. The van der Waals surface area contributed by atoms with Gasteiger partial charge in [0.1, 0.15) is 5.82 Å². The molecule has 0 N–H and O–H groups in total. The molecule has 3 heterocycles. The first-order valence-corrected chi connectivity index (χ1v) is 11.2. The molecule has 2 aliphatic rings. The van der Waals surface area contributed by atoms with E-state index in [1.807, 2.05) is 42.1 Å². The molecule has 0 spiro atoms. The van der Waals surface area contributed by atoms with Gasteiger partial charge in [-0.1, -0.05) is 18.2 Å². The Bertz CT molecular complexity index is 952. The van der Waals surface area contributed by atoms with E-state index in [4.69, 9.17) is 4.98 Å². The van der Waals surface area contributed by atoms with Gasteiger partial charge in [-0.2, -0.15) is 0 Å². The van der Waals surface area contributed by atoms with E-state index in [-0.39, 0.29) is 17.7 Å². The number of carbonyl (C=O) groups excluding carboxylic acids is 2. The van der Waals surface area contributed by atoms with Crippen molar-refractivity contribution in [2.75, 3.05) is 64.8 Å². The molecule has 2 saturated heterocycles. The maximum Gasteiger partial charge on any atom is 0.228 e. The summed E-state index contributed by atoms with van der Waals surface area (Å²) in [6.45, 7) is 7.27. The summed E-state index contributed by atoms with van der Waals surface area (Å²) in [5, 5.41) is 1.18. The van der Waals surface area contributed by atoms with Gasteiger partial charge in [-0.05, 0) is 51.7 Å². The highest BCUT2D eigenvalue weighted by atomic mass is 16.2. The lowest BCUT2D eigenvalue weighted by Gasteiger charge is -2.36. The molecule has 0 aliphatic carbocycles. The minimum Gasteiger partial charge on any atom is -0.353 e. The molecule has 2 amide bonds. The van der Waals surface area contributed by atoms with E-state index in [1.54, 1.807) is 0 Å². The van der Waals surface area contributed by atoms with Gasteiger partial charge in [0.15, 0.2) is 0 Å². The van der Waals surface area contributed by atoms with Gasteiger partial charge in [0.2, 0.25) is 11.8 Å². The summed E-state index contributed by atoms with van der Waals surface area (Å²) in [7, 11) is 4.07. The SMILES string of the molecule is Cc1cc(N2CCN(C(=O)C3CC(=O)N(CCCN(C)C)C3)CC2)nc2ccccc12. The Morgan fingerprint density at radius 3 is 2.65 bits per heavy atom. The summed E-state index contributed by atoms with van der Waals surface area (Å²) in [6.07, 6.45) is 1.29. The highest BCUT2D eigenvalue weighted by Crippen LogP contribution is 2.25. The van der Waals surface area contributed by atoms with Crippen LogP contribution < -0.4 is 4.90 Å². The smallest absolute Gasteiger partial charge is 0.228 e. The second-order valence-corrected chi connectivity index (χ2v) is 9.02. The van der Waals surface area contributed by atoms with E-state index in [9.17, 15) is 9.59 Å². The van der Waals surface area contributed by atoms with Crippen LogP contribution in [-0.4, -0.2) is 91.4 Å². The zero-order valence-corrected chi connectivity index (χ0v) is 18.9. The van der Waals surface area contributed by atoms with Crippen LogP contribution in [0, 0.1) is 12.8 Å². The summed E-state index contributed by atoms with van der Waals surface area (Å²) in [5.41, 5.74) is 2.23. The van der Waals surface area contributed by atoms with Gasteiger partial charge < -0.3 is 19.6 Å². The Morgan fingerprint density at radius 2 is 1.90 bits per heavy atom. The van der Waals surface area contributed by atoms with Crippen molar-refractivity contribution in [3.05, 3.63) is 35.9 Å². The molecule has 0 bridgehead atoms. The van der Waals surface area contributed by atoms with Gasteiger partial charge in [0.25, 0.3) is 0 Å². The number of hydrogen-bond donors (Lipinski definition) is 0. The molecule has 7 nitrogen and oxygen atoms in total. The summed E-state index contributed by atoms with van der Waals surface area (Å²) < 4.78 is 0. The lowest BCUT2D eigenvalue weighted by Crippen LogP contribution is -2.51. The Hall–Kier alpha value is -2.67. The standard InChI is InChI=1S/C24H33N5O2/c1-18-15-22(25-21-8-5-4-7-20(18)21)27-11-13-28(14-12-27)24(31)19-16-23(30)29(17-19)10-6-9-26(2)3/h4-5,7-8,15,19H,6,9-14,16-17H2,1-3H3. The van der Waals surface area contributed by atoms with E-state index in [2.05, 4.69) is 28.9 Å². The quantitative estimate of drug-likeness (QED) is 0.711. The lowest BCUT2D eigenvalue weighted by atomic mass is 10.1. The number of aromatic nitrogens is 1. The minimum absolute atomic E-state index is 0.117. The van der Waals surface area contributed by atoms with E-state index in [1.165, 1.54) is 10.9 Å². The van der Waals surface area contributed by atoms with Crippen molar-refractivity contribution < 1.29 is 9.59 Å². The van der Waals surface area contributed by atoms with E-state index in [0.29, 0.717) is 26.1 Å². The number of pyridine rings is 1. The van der Waals surface area contributed by atoms with Gasteiger partial charge >= 0.3 is 0 Å². The molecule has 0 saturated carbocycles. The third-order valence-corrected chi connectivity index (χ3v) is 6.42. The van der Waals surface area contributed by atoms with Crippen LogP contribution in [0.5, 0.6) is 0 Å². The average molecular weight is 424 g/mol. The number of fused-ring (bicyclic) bond motifs is 1. The number of nitrogens with zero attached hydrogens (tertiary/aromatic N) is 5. The van der Waals surface area contributed by atoms with Gasteiger partial charge in [-0.25, -0.2) is 4.98 Å². The van der Waals surface area contributed by atoms with E-state index >= 15 is 0 Å². The predicted molar refractivity (Wildman–Crippen MR) is 123 cm³/mol. The molecule has 2 aromatic rings. The van der Waals surface area contributed by atoms with Gasteiger partial charge in [0, 0.05) is 51.1 Å². The number of carbonyl (C=O) groups is 2. The normalized spacial score (nSPS) is 19.7. The van der Waals surface area contributed by atoms with Crippen molar-refractivity contribution in [2.45, 2.75) is 19.8 Å². The highest BCUT2D eigenvalue weighted by molar-refractivity contribution is 5.89. The number of anilines is 1. The molecule has 2 aliphatic heterocycles. The second-order valence-electron chi connectivity index (χ2n) is 9.02. The van der Waals surface area contributed by atoms with Crippen LogP contribution in [0.3, 0.4) is 0 Å². The Kier molecular flexibility index (Phi) is 6.41. The zero-order chi connectivity index (χ0) is 22.0. The van der Waals surface area contributed by atoms with Crippen LogP contribution in [0.15, 0.2) is 30.3 Å². The number of benzene rings is 1. The number of aryl methyl sites for hydroxylation is 1. The summed E-state index contributed by atoms with van der Waals surface area (Å²) in [4.78, 5) is 38.4. The van der Waals surface area contributed by atoms with Crippen molar-refractivity contribution in [3.8, 4) is 0 Å². The zero-order valence-electron chi connectivity index (χ0n) is 18.9. The minimum atomic E-state index is -0.195. The molecule has 1 aromatic heterocycles. The van der Waals surface area contributed by atoms with Gasteiger partial charge in [-0.3, -0.25) is 9.59 Å². The molecule has 0 radical (unpaired) electrons. The first-order valence-electron chi connectivity index (χ1n) is 11.2. The Balaban J connectivity index is 1.33. The van der Waals surface area contributed by atoms with Crippen LogP contribution in [0.25, 0.3) is 10.9 Å². The van der Waals surface area contributed by atoms with Crippen LogP contribution in [0.2, 0.25) is 0 Å². The largest absolute Gasteiger partial charge is 0.353 e. The fraction of sp³-hybridized carbons (Fsp3) is 0.542.